The molecule has 0 unspecified atom stereocenters. The third kappa shape index (κ3) is 2.77. The number of rotatable bonds is 2. The topological polar surface area (TPSA) is 0 Å². The van der Waals surface area contributed by atoms with Crippen LogP contribution >= 0.6 is 27.3 Å². The summed E-state index contributed by atoms with van der Waals surface area (Å²) < 4.78 is 14.0. The van der Waals surface area contributed by atoms with Crippen molar-refractivity contribution < 1.29 is 4.39 Å². The van der Waals surface area contributed by atoms with Crippen molar-refractivity contribution >= 4 is 27.3 Å². The van der Waals surface area contributed by atoms with Crippen LogP contribution in [0.25, 0.3) is 21.6 Å². The number of halogens is 2. The Balaban J connectivity index is 1.92. The quantitative estimate of drug-likeness (QED) is 0.541. The number of benzene rings is 2. The van der Waals surface area contributed by atoms with Crippen molar-refractivity contribution in [3.05, 3.63) is 70.3 Å². The highest BCUT2D eigenvalue weighted by molar-refractivity contribution is 9.11. The largest absolute Gasteiger partial charge is 0.207 e. The Morgan fingerprint density at radius 2 is 1.21 bits per heavy atom. The highest BCUT2D eigenvalue weighted by Gasteiger charge is 2.02. The highest BCUT2D eigenvalue weighted by atomic mass is 79.9. The van der Waals surface area contributed by atoms with Gasteiger partial charge in [0.1, 0.15) is 5.82 Å². The molecule has 0 radical (unpaired) electrons. The molecule has 0 spiro atoms. The molecular formula is C16H10BrFS. The standard InChI is InChI=1S/C16H10BrFS/c17-16-10-9-15(19-16)13-3-1-11(2-4-13)12-5-7-14(18)8-6-12/h1-10H. The van der Waals surface area contributed by atoms with Crippen molar-refractivity contribution in [2.75, 3.05) is 0 Å². The maximum atomic E-state index is 12.9. The molecule has 0 saturated heterocycles. The first kappa shape index (κ1) is 12.6. The molecular weight excluding hydrogens is 323 g/mol. The fraction of sp³-hybridized carbons (Fsp3) is 0. The van der Waals surface area contributed by atoms with Gasteiger partial charge >= 0.3 is 0 Å². The second-order valence-corrected chi connectivity index (χ2v) is 6.65. The van der Waals surface area contributed by atoms with E-state index in [4.69, 9.17) is 0 Å². The maximum absolute atomic E-state index is 12.9. The fourth-order valence-electron chi connectivity index (χ4n) is 1.94. The Hall–Kier alpha value is -1.45. The molecule has 0 aliphatic heterocycles. The van der Waals surface area contributed by atoms with Crippen LogP contribution in [0.3, 0.4) is 0 Å². The Bertz CT molecular complexity index is 684. The first-order valence-electron chi connectivity index (χ1n) is 5.84. The summed E-state index contributed by atoms with van der Waals surface area (Å²) in [6.45, 7) is 0. The lowest BCUT2D eigenvalue weighted by atomic mass is 10.0. The maximum Gasteiger partial charge on any atom is 0.123 e. The van der Waals surface area contributed by atoms with Gasteiger partial charge in [0.2, 0.25) is 0 Å². The zero-order valence-corrected chi connectivity index (χ0v) is 12.3. The third-order valence-corrected chi connectivity index (χ3v) is 4.59. The van der Waals surface area contributed by atoms with Crippen LogP contribution in [0.5, 0.6) is 0 Å². The van der Waals surface area contributed by atoms with Gasteiger partial charge in [-0.05, 0) is 56.9 Å². The van der Waals surface area contributed by atoms with Crippen LogP contribution in [-0.4, -0.2) is 0 Å². The molecule has 3 aromatic rings. The molecule has 0 aliphatic carbocycles. The van der Waals surface area contributed by atoms with Gasteiger partial charge in [-0.15, -0.1) is 11.3 Å². The van der Waals surface area contributed by atoms with E-state index >= 15 is 0 Å². The molecule has 3 rings (SSSR count). The van der Waals surface area contributed by atoms with Crippen molar-refractivity contribution in [3.8, 4) is 21.6 Å². The summed E-state index contributed by atoms with van der Waals surface area (Å²) in [7, 11) is 0. The fourth-order valence-corrected chi connectivity index (χ4v) is 3.33. The molecule has 1 aromatic heterocycles. The predicted octanol–water partition coefficient (Wildman–Crippen LogP) is 5.98. The van der Waals surface area contributed by atoms with Crippen LogP contribution in [-0.2, 0) is 0 Å². The van der Waals surface area contributed by atoms with E-state index in [9.17, 15) is 4.39 Å². The van der Waals surface area contributed by atoms with Gasteiger partial charge in [0, 0.05) is 4.88 Å². The number of hydrogen-bond donors (Lipinski definition) is 0. The van der Waals surface area contributed by atoms with Crippen LogP contribution in [0.15, 0.2) is 64.5 Å². The molecule has 1 heterocycles. The third-order valence-electron chi connectivity index (χ3n) is 2.92. The van der Waals surface area contributed by atoms with E-state index in [-0.39, 0.29) is 5.82 Å². The highest BCUT2D eigenvalue weighted by Crippen LogP contribution is 2.32. The predicted molar refractivity (Wildman–Crippen MR) is 82.8 cm³/mol. The van der Waals surface area contributed by atoms with Crippen molar-refractivity contribution in [1.82, 2.24) is 0 Å². The van der Waals surface area contributed by atoms with E-state index in [1.165, 1.54) is 22.6 Å². The van der Waals surface area contributed by atoms with Crippen LogP contribution in [0.4, 0.5) is 4.39 Å². The zero-order valence-electron chi connectivity index (χ0n) is 9.94. The molecule has 0 fully saturated rings. The summed E-state index contributed by atoms with van der Waals surface area (Å²) in [5.74, 6) is -0.205. The lowest BCUT2D eigenvalue weighted by Gasteiger charge is -2.03. The van der Waals surface area contributed by atoms with Crippen LogP contribution < -0.4 is 0 Å². The molecule has 2 aromatic carbocycles. The summed E-state index contributed by atoms with van der Waals surface area (Å²) in [6.07, 6.45) is 0. The van der Waals surface area contributed by atoms with Gasteiger partial charge < -0.3 is 0 Å². The molecule has 0 bridgehead atoms. The van der Waals surface area contributed by atoms with Gasteiger partial charge in [0.25, 0.3) is 0 Å². The van der Waals surface area contributed by atoms with Crippen LogP contribution in [0.1, 0.15) is 0 Å². The van der Waals surface area contributed by atoms with Crippen LogP contribution in [0.2, 0.25) is 0 Å². The van der Waals surface area contributed by atoms with Crippen molar-refractivity contribution in [2.24, 2.45) is 0 Å². The summed E-state index contributed by atoms with van der Waals surface area (Å²) in [4.78, 5) is 1.23. The Morgan fingerprint density at radius 1 is 0.684 bits per heavy atom. The summed E-state index contributed by atoms with van der Waals surface area (Å²) in [5.41, 5.74) is 3.32. The SMILES string of the molecule is Fc1ccc(-c2ccc(-c3ccc(Br)s3)cc2)cc1. The molecule has 0 aliphatic rings. The summed E-state index contributed by atoms with van der Waals surface area (Å²) in [6, 6.07) is 19.0. The molecule has 94 valence electrons. The van der Waals surface area contributed by atoms with E-state index < -0.39 is 0 Å². The normalized spacial score (nSPS) is 10.6. The molecule has 0 amide bonds. The lowest BCUT2D eigenvalue weighted by molar-refractivity contribution is 0.628. The van der Waals surface area contributed by atoms with E-state index in [0.29, 0.717) is 0 Å². The Kier molecular flexibility index (Phi) is 3.49. The van der Waals surface area contributed by atoms with E-state index in [0.717, 1.165) is 14.9 Å². The van der Waals surface area contributed by atoms with Gasteiger partial charge in [-0.25, -0.2) is 4.39 Å². The monoisotopic (exact) mass is 332 g/mol. The second kappa shape index (κ2) is 5.27. The molecule has 19 heavy (non-hydrogen) atoms. The number of hydrogen-bond acceptors (Lipinski definition) is 1. The van der Waals surface area contributed by atoms with Crippen LogP contribution in [0, 0.1) is 5.82 Å². The van der Waals surface area contributed by atoms with Gasteiger partial charge in [0.05, 0.1) is 3.79 Å². The smallest absolute Gasteiger partial charge is 0.123 e. The molecule has 0 N–H and O–H groups in total. The minimum atomic E-state index is -0.205. The summed E-state index contributed by atoms with van der Waals surface area (Å²) in [5, 5.41) is 0. The first-order chi connectivity index (χ1) is 9.22. The first-order valence-corrected chi connectivity index (χ1v) is 7.45. The molecule has 0 atom stereocenters. The minimum Gasteiger partial charge on any atom is -0.207 e. The number of thiophene rings is 1. The average Bonchev–Trinajstić information content (AvgIpc) is 2.87. The van der Waals surface area contributed by atoms with Gasteiger partial charge in [-0.2, -0.15) is 0 Å². The van der Waals surface area contributed by atoms with Crippen molar-refractivity contribution in [1.29, 1.82) is 0 Å². The minimum absolute atomic E-state index is 0.205. The average molecular weight is 333 g/mol. The van der Waals surface area contributed by atoms with Gasteiger partial charge in [0.15, 0.2) is 0 Å². The van der Waals surface area contributed by atoms with E-state index in [1.54, 1.807) is 23.5 Å². The zero-order chi connectivity index (χ0) is 13.2. The second-order valence-electron chi connectivity index (χ2n) is 4.19. The Morgan fingerprint density at radius 3 is 1.74 bits per heavy atom. The van der Waals surface area contributed by atoms with E-state index in [2.05, 4.69) is 46.3 Å². The van der Waals surface area contributed by atoms with Gasteiger partial charge in [-0.1, -0.05) is 36.4 Å². The molecule has 0 saturated carbocycles. The van der Waals surface area contributed by atoms with Crippen molar-refractivity contribution in [2.45, 2.75) is 0 Å². The summed E-state index contributed by atoms with van der Waals surface area (Å²) >= 11 is 5.18. The Labute approximate surface area is 123 Å². The molecule has 3 heteroatoms. The van der Waals surface area contributed by atoms with Crippen molar-refractivity contribution in [3.63, 3.8) is 0 Å². The molecule has 0 nitrogen and oxygen atoms in total. The lowest BCUT2D eigenvalue weighted by Crippen LogP contribution is -1.79. The van der Waals surface area contributed by atoms with E-state index in [1.807, 2.05) is 6.07 Å². The van der Waals surface area contributed by atoms with Gasteiger partial charge in [-0.3, -0.25) is 0 Å².